The van der Waals surface area contributed by atoms with E-state index in [1.807, 2.05) is 30.3 Å². The van der Waals surface area contributed by atoms with Gasteiger partial charge in [-0.2, -0.15) is 0 Å². The van der Waals surface area contributed by atoms with Gasteiger partial charge >= 0.3 is 0 Å². The Morgan fingerprint density at radius 2 is 1.81 bits per heavy atom. The van der Waals surface area contributed by atoms with Crippen molar-refractivity contribution in [1.29, 1.82) is 0 Å². The molecule has 0 saturated heterocycles. The molecule has 0 radical (unpaired) electrons. The van der Waals surface area contributed by atoms with E-state index in [9.17, 15) is 4.79 Å². The highest BCUT2D eigenvalue weighted by molar-refractivity contribution is 5.86. The Labute approximate surface area is 183 Å². The Morgan fingerprint density at radius 3 is 2.59 bits per heavy atom. The fourth-order valence-electron chi connectivity index (χ4n) is 2.91. The molecule has 2 heterocycles. The minimum atomic E-state index is -0.413. The first-order chi connectivity index (χ1) is 15.7. The average Bonchev–Trinajstić information content (AvgIpc) is 2.86. The summed E-state index contributed by atoms with van der Waals surface area (Å²) in [4.78, 5) is 20.6. The number of benzene rings is 2. The first-order valence-corrected chi connectivity index (χ1v) is 9.61. The summed E-state index contributed by atoms with van der Waals surface area (Å²) in [5, 5.41) is 8.86. The summed E-state index contributed by atoms with van der Waals surface area (Å²) in [7, 11) is 3.18. The predicted molar refractivity (Wildman–Crippen MR) is 117 cm³/mol. The molecule has 10 heteroatoms. The molecule has 10 nitrogen and oxygen atoms in total. The van der Waals surface area contributed by atoms with E-state index in [1.165, 1.54) is 0 Å². The van der Waals surface area contributed by atoms with E-state index in [0.29, 0.717) is 28.5 Å². The number of ether oxygens (including phenoxy) is 3. The van der Waals surface area contributed by atoms with Crippen LogP contribution in [-0.4, -0.2) is 46.9 Å². The smallest absolute Gasteiger partial charge is 0.276 e. The maximum Gasteiger partial charge on any atom is 0.276 e. The van der Waals surface area contributed by atoms with Gasteiger partial charge in [-0.05, 0) is 30.3 Å². The Hall–Kier alpha value is -4.47. The van der Waals surface area contributed by atoms with E-state index in [2.05, 4.69) is 31.0 Å². The molecule has 0 unspecified atom stereocenters. The van der Waals surface area contributed by atoms with E-state index in [-0.39, 0.29) is 12.6 Å². The second kappa shape index (κ2) is 9.56. The fraction of sp³-hybridized carbons (Fsp3) is 0.136. The number of pyridine rings is 1. The lowest BCUT2D eigenvalue weighted by Crippen LogP contribution is -2.34. The van der Waals surface area contributed by atoms with Crippen molar-refractivity contribution >= 4 is 22.8 Å². The largest absolute Gasteiger partial charge is 0.497 e. The third-order valence-corrected chi connectivity index (χ3v) is 4.51. The van der Waals surface area contributed by atoms with Crippen LogP contribution >= 0.6 is 0 Å². The topological polar surface area (TPSA) is 120 Å². The number of hydrogen-bond acceptors (Lipinski definition) is 9. The molecule has 4 rings (SSSR count). The first kappa shape index (κ1) is 20.8. The zero-order chi connectivity index (χ0) is 22.3. The van der Waals surface area contributed by atoms with Gasteiger partial charge in [0.2, 0.25) is 0 Å². The second-order valence-corrected chi connectivity index (χ2v) is 6.55. The zero-order valence-corrected chi connectivity index (χ0v) is 17.4. The van der Waals surface area contributed by atoms with Gasteiger partial charge in [-0.3, -0.25) is 20.6 Å². The number of carbonyl (C=O) groups excluding carboxylic acids is 1. The number of methoxy groups -OCH3 is 2. The third kappa shape index (κ3) is 4.81. The molecule has 0 atom stereocenters. The van der Waals surface area contributed by atoms with Gasteiger partial charge in [0.15, 0.2) is 6.61 Å². The number of fused-ring (bicyclic) bond motifs is 1. The Balaban J connectivity index is 1.33. The molecular weight excluding hydrogens is 412 g/mol. The SMILES string of the molecule is COc1cccc(-c2cnc(NNC(=O)COc3ccnc4cc(OC)ccc34)nn2)c1. The molecule has 0 aliphatic carbocycles. The van der Waals surface area contributed by atoms with Crippen molar-refractivity contribution in [3.8, 4) is 28.5 Å². The van der Waals surface area contributed by atoms with Crippen LogP contribution in [0.1, 0.15) is 0 Å². The van der Waals surface area contributed by atoms with Crippen LogP contribution in [0.4, 0.5) is 5.95 Å². The molecule has 0 fully saturated rings. The highest BCUT2D eigenvalue weighted by Gasteiger charge is 2.09. The molecule has 0 aliphatic heterocycles. The molecule has 2 aromatic carbocycles. The molecular formula is C22H20N6O4. The molecule has 0 aliphatic rings. The number of aromatic nitrogens is 4. The second-order valence-electron chi connectivity index (χ2n) is 6.55. The number of nitrogens with zero attached hydrogens (tertiary/aromatic N) is 4. The standard InChI is InChI=1S/C22H20N6O4/c1-30-15-5-3-4-14(10-15)19-12-24-22(27-25-19)28-26-21(29)13-32-20-8-9-23-18-11-16(31-2)6-7-17(18)20/h3-12H,13H2,1-2H3,(H,26,29)(H,24,27,28). The van der Waals surface area contributed by atoms with Gasteiger partial charge in [0.25, 0.3) is 11.9 Å². The predicted octanol–water partition coefficient (Wildman–Crippen LogP) is 2.63. The van der Waals surface area contributed by atoms with Crippen molar-refractivity contribution in [3.05, 3.63) is 60.9 Å². The Bertz CT molecular complexity index is 1230. The monoisotopic (exact) mass is 432 g/mol. The lowest BCUT2D eigenvalue weighted by molar-refractivity contribution is -0.122. The molecule has 162 valence electrons. The summed E-state index contributed by atoms with van der Waals surface area (Å²) in [6, 6.07) is 14.5. The minimum Gasteiger partial charge on any atom is -0.497 e. The number of hydrazine groups is 1. The van der Waals surface area contributed by atoms with E-state index in [0.717, 1.165) is 10.9 Å². The van der Waals surface area contributed by atoms with Crippen LogP contribution in [0, 0.1) is 0 Å². The summed E-state index contributed by atoms with van der Waals surface area (Å²) in [5.41, 5.74) is 7.19. The summed E-state index contributed by atoms with van der Waals surface area (Å²) in [5.74, 6) is 1.67. The zero-order valence-electron chi connectivity index (χ0n) is 17.4. The van der Waals surface area contributed by atoms with E-state index >= 15 is 0 Å². The summed E-state index contributed by atoms with van der Waals surface area (Å²) in [6.45, 7) is -0.215. The highest BCUT2D eigenvalue weighted by atomic mass is 16.5. The first-order valence-electron chi connectivity index (χ1n) is 9.61. The van der Waals surface area contributed by atoms with E-state index < -0.39 is 5.91 Å². The highest BCUT2D eigenvalue weighted by Crippen LogP contribution is 2.27. The van der Waals surface area contributed by atoms with Crippen molar-refractivity contribution in [2.24, 2.45) is 0 Å². The maximum absolute atomic E-state index is 12.2. The van der Waals surface area contributed by atoms with Gasteiger partial charge in [-0.25, -0.2) is 4.98 Å². The minimum absolute atomic E-state index is 0.145. The third-order valence-electron chi connectivity index (χ3n) is 4.51. The van der Waals surface area contributed by atoms with Crippen molar-refractivity contribution in [2.45, 2.75) is 0 Å². The number of hydrogen-bond donors (Lipinski definition) is 2. The molecule has 32 heavy (non-hydrogen) atoms. The van der Waals surface area contributed by atoms with Gasteiger partial charge in [-0.1, -0.05) is 12.1 Å². The molecule has 0 spiro atoms. The fourth-order valence-corrected chi connectivity index (χ4v) is 2.91. The van der Waals surface area contributed by atoms with Crippen molar-refractivity contribution in [2.75, 3.05) is 26.3 Å². The molecule has 4 aromatic rings. The van der Waals surface area contributed by atoms with E-state index in [1.54, 1.807) is 44.8 Å². The maximum atomic E-state index is 12.2. The number of anilines is 1. The van der Waals surface area contributed by atoms with Crippen LogP contribution in [0.5, 0.6) is 17.2 Å². The summed E-state index contributed by atoms with van der Waals surface area (Å²) in [6.07, 6.45) is 3.15. The van der Waals surface area contributed by atoms with Crippen LogP contribution in [0.3, 0.4) is 0 Å². The number of amides is 1. The molecule has 2 aromatic heterocycles. The van der Waals surface area contributed by atoms with Crippen LogP contribution in [-0.2, 0) is 4.79 Å². The number of rotatable bonds is 8. The van der Waals surface area contributed by atoms with Crippen molar-refractivity contribution in [3.63, 3.8) is 0 Å². The average molecular weight is 432 g/mol. The van der Waals surface area contributed by atoms with Crippen LogP contribution in [0.15, 0.2) is 60.9 Å². The molecule has 1 amide bonds. The quantitative estimate of drug-likeness (QED) is 0.405. The van der Waals surface area contributed by atoms with Gasteiger partial charge in [-0.15, -0.1) is 10.2 Å². The normalized spacial score (nSPS) is 10.4. The van der Waals surface area contributed by atoms with Gasteiger partial charge < -0.3 is 14.2 Å². The van der Waals surface area contributed by atoms with Gasteiger partial charge in [0.1, 0.15) is 22.9 Å². The lowest BCUT2D eigenvalue weighted by atomic mass is 10.1. The summed E-state index contributed by atoms with van der Waals surface area (Å²) >= 11 is 0. The van der Waals surface area contributed by atoms with E-state index in [4.69, 9.17) is 14.2 Å². The Kier molecular flexibility index (Phi) is 6.21. The van der Waals surface area contributed by atoms with Gasteiger partial charge in [0, 0.05) is 23.2 Å². The number of nitrogens with one attached hydrogen (secondary N) is 2. The van der Waals surface area contributed by atoms with Crippen LogP contribution < -0.4 is 25.1 Å². The lowest BCUT2D eigenvalue weighted by Gasteiger charge is -2.10. The molecule has 0 saturated carbocycles. The molecule has 2 N–H and O–H groups in total. The van der Waals surface area contributed by atoms with Crippen molar-refractivity contribution in [1.82, 2.24) is 25.6 Å². The van der Waals surface area contributed by atoms with Crippen LogP contribution in [0.2, 0.25) is 0 Å². The number of carbonyl (C=O) groups is 1. The van der Waals surface area contributed by atoms with Gasteiger partial charge in [0.05, 0.1) is 25.9 Å². The summed E-state index contributed by atoms with van der Waals surface area (Å²) < 4.78 is 16.0. The molecule has 0 bridgehead atoms. The van der Waals surface area contributed by atoms with Crippen molar-refractivity contribution < 1.29 is 19.0 Å². The van der Waals surface area contributed by atoms with Crippen LogP contribution in [0.25, 0.3) is 22.2 Å². The Morgan fingerprint density at radius 1 is 0.969 bits per heavy atom.